The molecule has 2 aromatic heterocycles. The minimum absolute atomic E-state index is 0.0499. The standard InChI is InChI=1S/C30H28FN5O/c1-35-25-14-24(26-19(16-6-7-16)4-2-5-20(26)29(35)37)36-23-13-17(8-9-22(23)34-28(25)36)18-12-21(31)27(33-15-18)30(32)10-3-11-30/h2,4-5,8-9,12-13,15-16,24-25H,3,6-7,10-11,14,32H2,1H3/t24-,25-/m1/s1. The fourth-order valence-electron chi connectivity index (χ4n) is 6.83. The van der Waals surface area contributed by atoms with E-state index in [-0.39, 0.29) is 23.8 Å². The van der Waals surface area contributed by atoms with Crippen LogP contribution in [0.2, 0.25) is 0 Å². The predicted octanol–water partition coefficient (Wildman–Crippen LogP) is 5.57. The summed E-state index contributed by atoms with van der Waals surface area (Å²) in [6, 6.07) is 13.8. The molecule has 2 bridgehead atoms. The third kappa shape index (κ3) is 2.92. The molecule has 186 valence electrons. The molecule has 4 aliphatic rings. The van der Waals surface area contributed by atoms with Gasteiger partial charge in [-0.2, -0.15) is 0 Å². The van der Waals surface area contributed by atoms with Crippen LogP contribution < -0.4 is 5.73 Å². The first kappa shape index (κ1) is 21.5. The van der Waals surface area contributed by atoms with E-state index in [1.165, 1.54) is 24.0 Å². The molecule has 2 aliphatic carbocycles. The van der Waals surface area contributed by atoms with E-state index in [0.29, 0.717) is 11.6 Å². The third-order valence-corrected chi connectivity index (χ3v) is 9.17. The highest BCUT2D eigenvalue weighted by Gasteiger charge is 2.45. The SMILES string of the molecule is CN1C(=O)c2cccc(C3CC3)c2[C@H]2C[C@@H]1c1nc3ccc(-c4cnc(C5(N)CCC5)c(F)c4)cc3n12. The predicted molar refractivity (Wildman–Crippen MR) is 139 cm³/mol. The minimum Gasteiger partial charge on any atom is -0.331 e. The molecule has 1 amide bonds. The van der Waals surface area contributed by atoms with Crippen LogP contribution in [0.5, 0.6) is 0 Å². The maximum Gasteiger partial charge on any atom is 0.254 e. The zero-order valence-electron chi connectivity index (χ0n) is 20.7. The van der Waals surface area contributed by atoms with Crippen LogP contribution >= 0.6 is 0 Å². The van der Waals surface area contributed by atoms with Gasteiger partial charge in [0.1, 0.15) is 11.6 Å². The van der Waals surface area contributed by atoms with E-state index >= 15 is 4.39 Å². The fraction of sp³-hybridized carbons (Fsp3) is 0.367. The third-order valence-electron chi connectivity index (χ3n) is 9.17. The quantitative estimate of drug-likeness (QED) is 0.405. The zero-order valence-corrected chi connectivity index (χ0v) is 20.7. The van der Waals surface area contributed by atoms with Crippen LogP contribution in [0, 0.1) is 5.82 Å². The van der Waals surface area contributed by atoms with Gasteiger partial charge in [-0.1, -0.05) is 18.2 Å². The number of aromatic nitrogens is 3. The van der Waals surface area contributed by atoms with Crippen LogP contribution in [0.1, 0.15) is 89.5 Å². The first-order chi connectivity index (χ1) is 17.9. The van der Waals surface area contributed by atoms with E-state index in [0.717, 1.165) is 59.2 Å². The summed E-state index contributed by atoms with van der Waals surface area (Å²) in [5, 5.41) is 0. The molecular formula is C30H28FN5O. The van der Waals surface area contributed by atoms with Gasteiger partial charge < -0.3 is 15.2 Å². The molecule has 4 heterocycles. The Labute approximate surface area is 214 Å². The minimum atomic E-state index is -0.634. The first-order valence-electron chi connectivity index (χ1n) is 13.3. The van der Waals surface area contributed by atoms with Gasteiger partial charge in [0.15, 0.2) is 0 Å². The lowest BCUT2D eigenvalue weighted by Crippen LogP contribution is -2.44. The number of benzene rings is 2. The number of nitrogens with two attached hydrogens (primary N) is 1. The Morgan fingerprint density at radius 1 is 1.08 bits per heavy atom. The monoisotopic (exact) mass is 493 g/mol. The lowest BCUT2D eigenvalue weighted by molar-refractivity contribution is 0.0734. The van der Waals surface area contributed by atoms with Crippen molar-refractivity contribution in [3.8, 4) is 11.1 Å². The first-order valence-corrected chi connectivity index (χ1v) is 13.3. The summed E-state index contributed by atoms with van der Waals surface area (Å²) in [6.45, 7) is 0. The molecule has 2 N–H and O–H groups in total. The second-order valence-corrected chi connectivity index (χ2v) is 11.4. The van der Waals surface area contributed by atoms with Gasteiger partial charge in [0.05, 0.1) is 34.3 Å². The number of hydrogen-bond acceptors (Lipinski definition) is 4. The van der Waals surface area contributed by atoms with Gasteiger partial charge in [-0.05, 0) is 79.0 Å². The number of nitrogens with zero attached hydrogens (tertiary/aromatic N) is 4. The fourth-order valence-corrected chi connectivity index (χ4v) is 6.83. The number of carbonyl (C=O) groups is 1. The highest BCUT2D eigenvalue weighted by Crippen LogP contribution is 2.52. The maximum atomic E-state index is 15.1. The zero-order chi connectivity index (χ0) is 25.1. The van der Waals surface area contributed by atoms with E-state index in [9.17, 15) is 4.79 Å². The van der Waals surface area contributed by atoms with Crippen molar-refractivity contribution in [3.05, 3.63) is 82.7 Å². The number of imidazole rings is 1. The Balaban J connectivity index is 1.29. The number of pyridine rings is 1. The molecule has 2 saturated carbocycles. The molecule has 0 radical (unpaired) electrons. The molecule has 4 aromatic rings. The van der Waals surface area contributed by atoms with Gasteiger partial charge in [0.2, 0.25) is 0 Å². The normalized spacial score (nSPS) is 23.5. The molecular weight excluding hydrogens is 465 g/mol. The van der Waals surface area contributed by atoms with Crippen molar-refractivity contribution < 1.29 is 9.18 Å². The highest BCUT2D eigenvalue weighted by molar-refractivity contribution is 5.97. The molecule has 0 unspecified atom stereocenters. The van der Waals surface area contributed by atoms with Crippen molar-refractivity contribution in [2.45, 2.75) is 62.1 Å². The van der Waals surface area contributed by atoms with E-state index in [1.807, 2.05) is 36.2 Å². The number of halogens is 1. The molecule has 2 aliphatic heterocycles. The number of hydrogen-bond donors (Lipinski definition) is 1. The van der Waals surface area contributed by atoms with Gasteiger partial charge in [-0.3, -0.25) is 9.78 Å². The molecule has 2 aromatic carbocycles. The van der Waals surface area contributed by atoms with Crippen LogP contribution in [-0.4, -0.2) is 32.4 Å². The summed E-state index contributed by atoms with van der Waals surface area (Å²) in [5.41, 5.74) is 12.9. The largest absolute Gasteiger partial charge is 0.331 e. The van der Waals surface area contributed by atoms with Crippen LogP contribution in [-0.2, 0) is 5.54 Å². The Morgan fingerprint density at radius 2 is 1.92 bits per heavy atom. The van der Waals surface area contributed by atoms with E-state index in [4.69, 9.17) is 10.7 Å². The second kappa shape index (κ2) is 7.25. The Kier molecular flexibility index (Phi) is 4.22. The highest BCUT2D eigenvalue weighted by atomic mass is 19.1. The number of fused-ring (bicyclic) bond motifs is 9. The van der Waals surface area contributed by atoms with E-state index in [2.05, 4.69) is 21.7 Å². The van der Waals surface area contributed by atoms with E-state index < -0.39 is 5.54 Å². The molecule has 8 rings (SSSR count). The molecule has 0 spiro atoms. The lowest BCUT2D eigenvalue weighted by Gasteiger charge is -2.37. The van der Waals surface area contributed by atoms with Crippen LogP contribution in [0.3, 0.4) is 0 Å². The summed E-state index contributed by atoms with van der Waals surface area (Å²) < 4.78 is 17.5. The van der Waals surface area contributed by atoms with Gasteiger partial charge in [0, 0.05) is 30.8 Å². The van der Waals surface area contributed by atoms with Gasteiger partial charge in [-0.15, -0.1) is 0 Å². The molecule has 2 atom stereocenters. The molecule has 7 heteroatoms. The lowest BCUT2D eigenvalue weighted by atomic mass is 9.75. The Hall–Kier alpha value is -3.58. The van der Waals surface area contributed by atoms with Crippen LogP contribution in [0.15, 0.2) is 48.7 Å². The maximum absolute atomic E-state index is 15.1. The van der Waals surface area contributed by atoms with Crippen molar-refractivity contribution in [3.63, 3.8) is 0 Å². The van der Waals surface area contributed by atoms with Crippen molar-refractivity contribution in [1.82, 2.24) is 19.4 Å². The molecule has 6 nitrogen and oxygen atoms in total. The number of rotatable bonds is 3. The van der Waals surface area contributed by atoms with E-state index in [1.54, 1.807) is 12.3 Å². The smallest absolute Gasteiger partial charge is 0.254 e. The Bertz CT molecular complexity index is 1630. The molecule has 0 saturated heterocycles. The van der Waals surface area contributed by atoms with Crippen molar-refractivity contribution in [2.75, 3.05) is 7.05 Å². The summed E-state index contributed by atoms with van der Waals surface area (Å²) in [7, 11) is 1.89. The topological polar surface area (TPSA) is 77.0 Å². The van der Waals surface area contributed by atoms with Crippen LogP contribution in [0.4, 0.5) is 4.39 Å². The number of carbonyl (C=O) groups excluding carboxylic acids is 1. The molecule has 2 fully saturated rings. The van der Waals surface area contributed by atoms with Gasteiger partial charge in [-0.25, -0.2) is 9.37 Å². The van der Waals surface area contributed by atoms with Crippen molar-refractivity contribution in [2.24, 2.45) is 5.73 Å². The summed E-state index contributed by atoms with van der Waals surface area (Å²) in [5.74, 6) is 1.20. The Morgan fingerprint density at radius 3 is 2.65 bits per heavy atom. The van der Waals surface area contributed by atoms with Gasteiger partial charge in [0.25, 0.3) is 5.91 Å². The molecule has 37 heavy (non-hydrogen) atoms. The summed E-state index contributed by atoms with van der Waals surface area (Å²) in [6.07, 6.45) is 7.47. The van der Waals surface area contributed by atoms with Crippen molar-refractivity contribution >= 4 is 16.9 Å². The summed E-state index contributed by atoms with van der Waals surface area (Å²) >= 11 is 0. The average molecular weight is 494 g/mol. The van der Waals surface area contributed by atoms with Gasteiger partial charge >= 0.3 is 0 Å². The van der Waals surface area contributed by atoms with Crippen molar-refractivity contribution in [1.29, 1.82) is 0 Å². The number of amides is 1. The average Bonchev–Trinajstić information content (AvgIpc) is 3.59. The van der Waals surface area contributed by atoms with Crippen LogP contribution in [0.25, 0.3) is 22.2 Å². The summed E-state index contributed by atoms with van der Waals surface area (Å²) in [4.78, 5) is 24.8. The second-order valence-electron chi connectivity index (χ2n) is 11.4.